The zero-order chi connectivity index (χ0) is 12.8. The van der Waals surface area contributed by atoms with Crippen LogP contribution in [0.4, 0.5) is 0 Å². The molecule has 2 heterocycles. The Morgan fingerprint density at radius 3 is 2.89 bits per heavy atom. The number of hydrogen-bond donors (Lipinski definition) is 0. The molecule has 0 radical (unpaired) electrons. The Morgan fingerprint density at radius 1 is 1.44 bits per heavy atom. The molecule has 0 unspecified atom stereocenters. The van der Waals surface area contributed by atoms with E-state index in [1.54, 1.807) is 6.07 Å². The molecule has 2 rings (SSSR count). The molecule has 0 bridgehead atoms. The van der Waals surface area contributed by atoms with Crippen molar-refractivity contribution in [3.05, 3.63) is 17.5 Å². The maximum Gasteiger partial charge on any atom is 0.202 e. The van der Waals surface area contributed by atoms with Gasteiger partial charge in [-0.05, 0) is 26.3 Å². The van der Waals surface area contributed by atoms with E-state index in [2.05, 4.69) is 10.1 Å². The van der Waals surface area contributed by atoms with Gasteiger partial charge in [-0.3, -0.25) is 4.79 Å². The molecule has 1 saturated heterocycles. The second-order valence-corrected chi connectivity index (χ2v) is 5.89. The Bertz CT molecular complexity index is 386. The molecule has 0 aliphatic carbocycles. The lowest BCUT2D eigenvalue weighted by Crippen LogP contribution is -2.33. The minimum Gasteiger partial charge on any atom is -0.353 e. The van der Waals surface area contributed by atoms with Crippen LogP contribution in [0.2, 0.25) is 0 Å². The normalized spacial score (nSPS) is 16.9. The van der Waals surface area contributed by atoms with Crippen molar-refractivity contribution in [3.63, 3.8) is 0 Å². The molecular weight excluding hydrogens is 248 g/mol. The third kappa shape index (κ3) is 4.14. The van der Waals surface area contributed by atoms with Gasteiger partial charge in [0.1, 0.15) is 0 Å². The lowest BCUT2D eigenvalue weighted by atomic mass is 10.1. The van der Waals surface area contributed by atoms with Crippen molar-refractivity contribution < 1.29 is 9.32 Å². The highest BCUT2D eigenvalue weighted by Crippen LogP contribution is 2.12. The molecule has 18 heavy (non-hydrogen) atoms. The van der Waals surface area contributed by atoms with Crippen molar-refractivity contribution >= 4 is 17.5 Å². The molecule has 0 N–H and O–H groups in total. The maximum atomic E-state index is 11.8. The Kier molecular flexibility index (Phi) is 5.26. The van der Waals surface area contributed by atoms with Crippen LogP contribution in [-0.2, 0) is 0 Å². The molecule has 0 spiro atoms. The summed E-state index contributed by atoms with van der Waals surface area (Å²) in [5, 5.41) is 3.73. The van der Waals surface area contributed by atoms with Gasteiger partial charge in [-0.25, -0.2) is 0 Å². The minimum atomic E-state index is 0.0739. The van der Waals surface area contributed by atoms with Crippen LogP contribution in [0.15, 0.2) is 10.6 Å². The average molecular weight is 268 g/mol. The number of hydrogen-bond acceptors (Lipinski definition) is 5. The molecule has 1 aliphatic heterocycles. The monoisotopic (exact) mass is 268 g/mol. The van der Waals surface area contributed by atoms with Gasteiger partial charge in [-0.15, -0.1) is 0 Å². The number of unbranched alkanes of at least 4 members (excludes halogenated alkanes) is 1. The number of aromatic nitrogens is 1. The van der Waals surface area contributed by atoms with E-state index < -0.39 is 0 Å². The van der Waals surface area contributed by atoms with Gasteiger partial charge in [0.05, 0.1) is 5.69 Å². The molecule has 1 fully saturated rings. The number of carbonyl (C=O) groups is 1. The first kappa shape index (κ1) is 13.6. The predicted molar refractivity (Wildman–Crippen MR) is 73.2 cm³/mol. The lowest BCUT2D eigenvalue weighted by molar-refractivity contribution is 0.0942. The number of aryl methyl sites for hydroxylation is 1. The van der Waals surface area contributed by atoms with Crippen molar-refractivity contribution in [1.82, 2.24) is 10.1 Å². The predicted octanol–water partition coefficient (Wildman–Crippen LogP) is 2.38. The first-order valence-corrected chi connectivity index (χ1v) is 7.68. The molecular formula is C13H20N2O2S. The van der Waals surface area contributed by atoms with Crippen LogP contribution in [0.5, 0.6) is 0 Å². The molecule has 0 amide bonds. The summed E-state index contributed by atoms with van der Waals surface area (Å²) in [6.07, 6.45) is 2.59. The van der Waals surface area contributed by atoms with E-state index in [9.17, 15) is 4.79 Å². The summed E-state index contributed by atoms with van der Waals surface area (Å²) in [6, 6.07) is 1.71. The van der Waals surface area contributed by atoms with E-state index in [1.165, 1.54) is 24.6 Å². The van der Waals surface area contributed by atoms with Crippen LogP contribution in [0.1, 0.15) is 35.5 Å². The SMILES string of the molecule is Cc1cc(C(=O)CCCCN2CCSCC2)on1. The zero-order valence-electron chi connectivity index (χ0n) is 10.9. The number of nitrogens with zero attached hydrogens (tertiary/aromatic N) is 2. The molecule has 0 aromatic carbocycles. The quantitative estimate of drug-likeness (QED) is 0.585. The largest absolute Gasteiger partial charge is 0.353 e. The van der Waals surface area contributed by atoms with E-state index in [1.807, 2.05) is 18.7 Å². The zero-order valence-corrected chi connectivity index (χ0v) is 11.7. The Balaban J connectivity index is 1.61. The molecule has 4 nitrogen and oxygen atoms in total. The molecule has 1 aromatic rings. The van der Waals surface area contributed by atoms with E-state index in [0.29, 0.717) is 12.2 Å². The van der Waals surface area contributed by atoms with Gasteiger partial charge in [-0.2, -0.15) is 11.8 Å². The number of Topliss-reactive ketones (excluding diaryl/α,β-unsaturated/α-hetero) is 1. The fraction of sp³-hybridized carbons (Fsp3) is 0.692. The van der Waals surface area contributed by atoms with Crippen LogP contribution < -0.4 is 0 Å². The van der Waals surface area contributed by atoms with Gasteiger partial charge in [0, 0.05) is 37.1 Å². The first-order valence-electron chi connectivity index (χ1n) is 6.52. The van der Waals surface area contributed by atoms with E-state index in [4.69, 9.17) is 4.52 Å². The summed E-state index contributed by atoms with van der Waals surface area (Å²) in [4.78, 5) is 14.2. The Labute approximate surface area is 112 Å². The smallest absolute Gasteiger partial charge is 0.202 e. The summed E-state index contributed by atoms with van der Waals surface area (Å²) < 4.78 is 4.96. The Hall–Kier alpha value is -0.810. The molecule has 5 heteroatoms. The van der Waals surface area contributed by atoms with Crippen LogP contribution in [-0.4, -0.2) is 47.0 Å². The van der Waals surface area contributed by atoms with Crippen molar-refractivity contribution in [3.8, 4) is 0 Å². The Morgan fingerprint density at radius 2 is 2.22 bits per heavy atom. The minimum absolute atomic E-state index is 0.0739. The van der Waals surface area contributed by atoms with Crippen molar-refractivity contribution in [2.24, 2.45) is 0 Å². The van der Waals surface area contributed by atoms with Gasteiger partial charge in [-0.1, -0.05) is 5.16 Å². The van der Waals surface area contributed by atoms with Gasteiger partial charge >= 0.3 is 0 Å². The maximum absolute atomic E-state index is 11.8. The van der Waals surface area contributed by atoms with Crippen LogP contribution in [0, 0.1) is 6.92 Å². The van der Waals surface area contributed by atoms with Crippen LogP contribution in [0.25, 0.3) is 0 Å². The number of carbonyl (C=O) groups excluding carboxylic acids is 1. The standard InChI is InChI=1S/C13H20N2O2S/c1-11-10-13(17-14-11)12(16)4-2-3-5-15-6-8-18-9-7-15/h10H,2-9H2,1H3. The molecule has 1 aromatic heterocycles. The topological polar surface area (TPSA) is 46.3 Å². The third-order valence-electron chi connectivity index (χ3n) is 3.13. The van der Waals surface area contributed by atoms with E-state index in [0.717, 1.165) is 25.1 Å². The van der Waals surface area contributed by atoms with Gasteiger partial charge in [0.25, 0.3) is 0 Å². The van der Waals surface area contributed by atoms with Gasteiger partial charge in [0.2, 0.25) is 11.5 Å². The summed E-state index contributed by atoms with van der Waals surface area (Å²) in [5.74, 6) is 2.97. The molecule has 0 atom stereocenters. The van der Waals surface area contributed by atoms with Gasteiger partial charge < -0.3 is 9.42 Å². The highest BCUT2D eigenvalue weighted by molar-refractivity contribution is 7.99. The van der Waals surface area contributed by atoms with Crippen molar-refractivity contribution in [2.75, 3.05) is 31.1 Å². The third-order valence-corrected chi connectivity index (χ3v) is 4.08. The molecule has 100 valence electrons. The van der Waals surface area contributed by atoms with Crippen LogP contribution >= 0.6 is 11.8 Å². The lowest BCUT2D eigenvalue weighted by Gasteiger charge is -2.25. The van der Waals surface area contributed by atoms with E-state index >= 15 is 0 Å². The number of thioether (sulfide) groups is 1. The number of rotatable bonds is 6. The summed E-state index contributed by atoms with van der Waals surface area (Å²) in [7, 11) is 0. The van der Waals surface area contributed by atoms with E-state index in [-0.39, 0.29) is 5.78 Å². The molecule has 0 saturated carbocycles. The summed E-state index contributed by atoms with van der Waals surface area (Å²) >= 11 is 2.03. The summed E-state index contributed by atoms with van der Waals surface area (Å²) in [6.45, 7) is 5.33. The highest BCUT2D eigenvalue weighted by atomic mass is 32.2. The average Bonchev–Trinajstić information content (AvgIpc) is 2.82. The first-order chi connectivity index (χ1) is 8.75. The molecule has 1 aliphatic rings. The van der Waals surface area contributed by atoms with Crippen molar-refractivity contribution in [1.29, 1.82) is 0 Å². The summed E-state index contributed by atoms with van der Waals surface area (Å²) in [5.41, 5.74) is 0.768. The fourth-order valence-electron chi connectivity index (χ4n) is 2.06. The highest BCUT2D eigenvalue weighted by Gasteiger charge is 2.12. The van der Waals surface area contributed by atoms with Gasteiger partial charge in [0.15, 0.2) is 0 Å². The number of ketones is 1. The van der Waals surface area contributed by atoms with Crippen molar-refractivity contribution in [2.45, 2.75) is 26.2 Å². The fourth-order valence-corrected chi connectivity index (χ4v) is 3.04. The second-order valence-electron chi connectivity index (χ2n) is 4.67. The second kappa shape index (κ2) is 6.95. The van der Waals surface area contributed by atoms with Crippen LogP contribution in [0.3, 0.4) is 0 Å².